The summed E-state index contributed by atoms with van der Waals surface area (Å²) in [5.74, 6) is -0.688. The van der Waals surface area contributed by atoms with Gasteiger partial charge in [-0.3, -0.25) is 13.8 Å². The molecule has 4 atom stereocenters. The number of hydrogen-bond acceptors (Lipinski definition) is 6. The van der Waals surface area contributed by atoms with Crippen LogP contribution in [-0.2, 0) is 42.9 Å². The minimum Gasteiger partial charge on any atom is -0.497 e. The number of methoxy groups -OCH3 is 1. The van der Waals surface area contributed by atoms with Crippen LogP contribution in [0.5, 0.6) is 5.75 Å². The van der Waals surface area contributed by atoms with E-state index < -0.39 is 44.9 Å². The molecule has 2 aliphatic heterocycles. The first-order valence-corrected chi connectivity index (χ1v) is 11.8. The van der Waals surface area contributed by atoms with Crippen LogP contribution >= 0.6 is 0 Å². The van der Waals surface area contributed by atoms with Gasteiger partial charge in [-0.05, 0) is 37.1 Å². The number of nitrogens with one attached hydrogen (secondary N) is 1. The quantitative estimate of drug-likeness (QED) is 0.487. The van der Waals surface area contributed by atoms with E-state index in [1.165, 1.54) is 4.90 Å². The van der Waals surface area contributed by atoms with E-state index in [-0.39, 0.29) is 18.9 Å². The van der Waals surface area contributed by atoms with Gasteiger partial charge in [0.25, 0.3) is 0 Å². The minimum atomic E-state index is -1.56. The van der Waals surface area contributed by atoms with Crippen molar-refractivity contribution >= 4 is 28.6 Å². The third-order valence-electron chi connectivity index (χ3n) is 6.04. The smallest absolute Gasteiger partial charge is 0.330 e. The van der Waals surface area contributed by atoms with E-state index in [1.54, 1.807) is 45.2 Å². The molecule has 0 saturated carbocycles. The molecular weight excluding hydrogens is 444 g/mol. The highest BCUT2D eigenvalue weighted by Crippen LogP contribution is 2.44. The summed E-state index contributed by atoms with van der Waals surface area (Å²) in [6.45, 7) is 3.37. The van der Waals surface area contributed by atoms with Crippen LogP contribution in [0, 0.1) is 0 Å². The van der Waals surface area contributed by atoms with Crippen molar-refractivity contribution in [3.05, 3.63) is 65.7 Å². The lowest BCUT2D eigenvalue weighted by molar-refractivity contribution is -0.165. The van der Waals surface area contributed by atoms with Crippen LogP contribution in [0.2, 0.25) is 0 Å². The molecule has 9 heteroatoms. The first-order chi connectivity index (χ1) is 15.7. The van der Waals surface area contributed by atoms with Crippen molar-refractivity contribution in [3.8, 4) is 5.75 Å². The maximum atomic E-state index is 13.2. The average Bonchev–Trinajstić information content (AvgIpc) is 3.00. The molecule has 174 valence electrons. The van der Waals surface area contributed by atoms with E-state index in [4.69, 9.17) is 9.47 Å². The van der Waals surface area contributed by atoms with Gasteiger partial charge in [-0.15, -0.1) is 0 Å². The number of hydrogen-bond donors (Lipinski definition) is 1. The number of nitrogens with zero attached hydrogens (tertiary/aromatic N) is 1. The fraction of sp³-hybridized carbons (Fsp3) is 0.375. The first-order valence-electron chi connectivity index (χ1n) is 10.6. The van der Waals surface area contributed by atoms with Gasteiger partial charge >= 0.3 is 5.97 Å². The molecule has 0 bridgehead atoms. The molecule has 2 amide bonds. The molecule has 2 aromatic rings. The molecule has 4 rings (SSSR count). The first kappa shape index (κ1) is 23.0. The Morgan fingerprint density at radius 1 is 1.06 bits per heavy atom. The largest absolute Gasteiger partial charge is 0.497 e. The minimum absolute atomic E-state index is 0.0198. The molecule has 8 nitrogen and oxygen atoms in total. The standard InChI is InChI=1S/C24H26N2O6S/c1-24(2)20(23(29)32-14-16-9-11-17(31-3)12-10-16)26-21(28)19(22(26)33(24)30)25-18(27)13-15-7-5-4-6-8-15/h4-12,19-20,22H,13-14H2,1-3H3,(H,25,27)/t19-,20-,22-,33+/m1/s1. The summed E-state index contributed by atoms with van der Waals surface area (Å²) in [5, 5.41) is 1.94. The number of carbonyl (C=O) groups is 3. The predicted octanol–water partition coefficient (Wildman–Crippen LogP) is 1.54. The van der Waals surface area contributed by atoms with Crippen molar-refractivity contribution in [3.63, 3.8) is 0 Å². The summed E-state index contributed by atoms with van der Waals surface area (Å²) in [6.07, 6.45) is 0.112. The summed E-state index contributed by atoms with van der Waals surface area (Å²) in [5.41, 5.74) is 1.57. The van der Waals surface area contributed by atoms with Crippen LogP contribution in [-0.4, -0.2) is 56.2 Å². The second-order valence-corrected chi connectivity index (χ2v) is 10.7. The topological polar surface area (TPSA) is 102 Å². The van der Waals surface area contributed by atoms with Gasteiger partial charge in [-0.25, -0.2) is 4.79 Å². The van der Waals surface area contributed by atoms with Crippen LogP contribution < -0.4 is 10.1 Å². The molecule has 2 aliphatic rings. The molecule has 0 spiro atoms. The molecule has 0 aliphatic carbocycles. The fourth-order valence-corrected chi connectivity index (χ4v) is 6.15. The summed E-state index contributed by atoms with van der Waals surface area (Å²) < 4.78 is 22.8. The lowest BCUT2D eigenvalue weighted by atomic mass is 9.96. The highest BCUT2D eigenvalue weighted by molar-refractivity contribution is 7.87. The number of fused-ring (bicyclic) bond motifs is 1. The highest BCUT2D eigenvalue weighted by Gasteiger charge is 2.68. The van der Waals surface area contributed by atoms with E-state index in [0.717, 1.165) is 11.1 Å². The van der Waals surface area contributed by atoms with Crippen LogP contribution in [0.25, 0.3) is 0 Å². The Morgan fingerprint density at radius 3 is 2.36 bits per heavy atom. The number of β-lactam (4-membered cyclic amide) rings is 1. The SMILES string of the molecule is COc1ccc(COC(=O)[C@H]2N3C(=O)[C@@H](NC(=O)Cc4ccccc4)[C@H]3[S@](=O)C2(C)C)cc1. The van der Waals surface area contributed by atoms with Crippen LogP contribution in [0.15, 0.2) is 54.6 Å². The zero-order valence-corrected chi connectivity index (χ0v) is 19.5. The molecule has 33 heavy (non-hydrogen) atoms. The summed E-state index contributed by atoms with van der Waals surface area (Å²) in [6, 6.07) is 14.3. The lowest BCUT2D eigenvalue weighted by Gasteiger charge is -2.43. The van der Waals surface area contributed by atoms with E-state index in [2.05, 4.69) is 5.32 Å². The van der Waals surface area contributed by atoms with Gasteiger partial charge in [0.2, 0.25) is 11.8 Å². The Labute approximate surface area is 194 Å². The number of rotatable bonds is 7. The van der Waals surface area contributed by atoms with E-state index in [9.17, 15) is 18.6 Å². The third-order valence-corrected chi connectivity index (χ3v) is 8.24. The zero-order valence-electron chi connectivity index (χ0n) is 18.6. The third kappa shape index (κ3) is 4.25. The Hall–Kier alpha value is -3.20. The molecule has 2 fully saturated rings. The second-order valence-electron chi connectivity index (χ2n) is 8.60. The molecule has 2 aromatic carbocycles. The Kier molecular flexibility index (Phi) is 6.25. The lowest BCUT2D eigenvalue weighted by Crippen LogP contribution is -2.71. The Bertz CT molecular complexity index is 1090. The maximum Gasteiger partial charge on any atom is 0.330 e. The molecule has 1 N–H and O–H groups in total. The molecule has 0 aromatic heterocycles. The van der Waals surface area contributed by atoms with Crippen LogP contribution in [0.1, 0.15) is 25.0 Å². The van der Waals surface area contributed by atoms with Crippen molar-refractivity contribution in [1.29, 1.82) is 0 Å². The summed E-state index contributed by atoms with van der Waals surface area (Å²) in [7, 11) is -0.000290. The van der Waals surface area contributed by atoms with Crippen molar-refractivity contribution in [1.82, 2.24) is 10.2 Å². The number of ether oxygens (including phenoxy) is 2. The zero-order chi connectivity index (χ0) is 23.8. The molecule has 2 heterocycles. The Morgan fingerprint density at radius 2 is 1.73 bits per heavy atom. The highest BCUT2D eigenvalue weighted by atomic mass is 32.2. The van der Waals surface area contributed by atoms with Gasteiger partial charge in [-0.1, -0.05) is 42.5 Å². The molecule has 2 saturated heterocycles. The normalized spacial score (nSPS) is 25.1. The van der Waals surface area contributed by atoms with Gasteiger partial charge in [0, 0.05) is 0 Å². The maximum absolute atomic E-state index is 13.2. The number of esters is 1. The molecular formula is C24H26N2O6S. The fourth-order valence-electron chi connectivity index (χ4n) is 4.23. The van der Waals surface area contributed by atoms with Gasteiger partial charge in [0.1, 0.15) is 29.8 Å². The van der Waals surface area contributed by atoms with Crippen LogP contribution in [0.3, 0.4) is 0 Å². The van der Waals surface area contributed by atoms with Crippen LogP contribution in [0.4, 0.5) is 0 Å². The number of amides is 2. The molecule has 0 unspecified atom stereocenters. The Balaban J connectivity index is 1.42. The van der Waals surface area contributed by atoms with Crippen molar-refractivity contribution in [2.45, 2.75) is 49.1 Å². The average molecular weight is 471 g/mol. The predicted molar refractivity (Wildman–Crippen MR) is 122 cm³/mol. The van der Waals surface area contributed by atoms with E-state index in [1.807, 2.05) is 30.3 Å². The van der Waals surface area contributed by atoms with Crippen molar-refractivity contribution in [2.24, 2.45) is 0 Å². The molecule has 0 radical (unpaired) electrons. The van der Waals surface area contributed by atoms with Crippen molar-refractivity contribution in [2.75, 3.05) is 7.11 Å². The summed E-state index contributed by atoms with van der Waals surface area (Å²) >= 11 is 0. The van der Waals surface area contributed by atoms with Gasteiger partial charge in [-0.2, -0.15) is 0 Å². The van der Waals surface area contributed by atoms with Gasteiger partial charge < -0.3 is 19.7 Å². The monoisotopic (exact) mass is 470 g/mol. The second kappa shape index (κ2) is 8.97. The van der Waals surface area contributed by atoms with E-state index in [0.29, 0.717) is 5.75 Å². The van der Waals surface area contributed by atoms with Gasteiger partial charge in [0.15, 0.2) is 0 Å². The van der Waals surface area contributed by atoms with Gasteiger partial charge in [0.05, 0.1) is 29.1 Å². The summed E-state index contributed by atoms with van der Waals surface area (Å²) in [4.78, 5) is 39.6. The number of benzene rings is 2. The number of carbonyl (C=O) groups excluding carboxylic acids is 3. The van der Waals surface area contributed by atoms with Crippen molar-refractivity contribution < 1.29 is 28.1 Å². The van der Waals surface area contributed by atoms with E-state index >= 15 is 0 Å².